The summed E-state index contributed by atoms with van der Waals surface area (Å²) in [7, 11) is 0. The molecule has 0 radical (unpaired) electrons. The summed E-state index contributed by atoms with van der Waals surface area (Å²) in [5.41, 5.74) is 9.11. The molecule has 0 spiro atoms. The number of piperidine rings is 1. The maximum atomic E-state index is 14.0. The van der Waals surface area contributed by atoms with E-state index in [1.165, 1.54) is 9.13 Å². The van der Waals surface area contributed by atoms with Gasteiger partial charge in [0.15, 0.2) is 11.2 Å². The molecule has 208 valence electrons. The van der Waals surface area contributed by atoms with Crippen molar-refractivity contribution in [1.29, 1.82) is 0 Å². The largest absolute Gasteiger partial charge is 0.392 e. The molecule has 1 atom stereocenters. The Balaban J connectivity index is 1.73. The number of benzene rings is 2. The number of nitrogens with two attached hydrogens (primary N) is 1. The molecule has 10 nitrogen and oxygen atoms in total. The second-order valence-corrected chi connectivity index (χ2v) is 10.2. The molecule has 4 N–H and O–H groups in total. The van der Waals surface area contributed by atoms with Crippen LogP contribution < -0.4 is 21.9 Å². The summed E-state index contributed by atoms with van der Waals surface area (Å²) in [6.45, 7) is 3.44. The highest BCUT2D eigenvalue weighted by molar-refractivity contribution is 5.75. The van der Waals surface area contributed by atoms with Crippen LogP contribution in [0.25, 0.3) is 11.2 Å². The molecule has 3 heterocycles. The van der Waals surface area contributed by atoms with E-state index in [9.17, 15) is 19.8 Å². The van der Waals surface area contributed by atoms with E-state index in [0.717, 1.165) is 41.6 Å². The fourth-order valence-corrected chi connectivity index (χ4v) is 5.17. The first-order chi connectivity index (χ1) is 19.4. The van der Waals surface area contributed by atoms with Gasteiger partial charge in [0, 0.05) is 19.1 Å². The van der Waals surface area contributed by atoms with Crippen LogP contribution in [0.15, 0.2) is 58.1 Å². The van der Waals surface area contributed by atoms with Crippen molar-refractivity contribution in [3.63, 3.8) is 0 Å². The van der Waals surface area contributed by atoms with Gasteiger partial charge in [-0.05, 0) is 42.0 Å². The lowest BCUT2D eigenvalue weighted by Crippen LogP contribution is -2.44. The zero-order valence-electron chi connectivity index (χ0n) is 22.6. The normalized spacial score (nSPS) is 15.3. The van der Waals surface area contributed by atoms with Crippen LogP contribution in [0, 0.1) is 11.8 Å². The molecule has 0 unspecified atom stereocenters. The Morgan fingerprint density at radius 1 is 0.900 bits per heavy atom. The molecule has 1 saturated heterocycles. The van der Waals surface area contributed by atoms with Crippen molar-refractivity contribution in [2.45, 2.75) is 58.7 Å². The molecule has 1 aliphatic heterocycles. The number of hydrogen-bond donors (Lipinski definition) is 3. The lowest BCUT2D eigenvalue weighted by atomic mass is 10.1. The van der Waals surface area contributed by atoms with E-state index in [4.69, 9.17) is 10.7 Å². The number of aromatic nitrogens is 4. The molecule has 0 amide bonds. The zero-order chi connectivity index (χ0) is 28.2. The fourth-order valence-electron chi connectivity index (χ4n) is 5.17. The first kappa shape index (κ1) is 27.4. The van der Waals surface area contributed by atoms with Gasteiger partial charge in [0.25, 0.3) is 5.56 Å². The lowest BCUT2D eigenvalue weighted by Gasteiger charge is -2.31. The number of anilines is 1. The van der Waals surface area contributed by atoms with Gasteiger partial charge in [-0.3, -0.25) is 18.5 Å². The molecular formula is C30H34N6O4. The molecule has 40 heavy (non-hydrogen) atoms. The summed E-state index contributed by atoms with van der Waals surface area (Å²) in [5.74, 6) is 6.56. The van der Waals surface area contributed by atoms with Gasteiger partial charge >= 0.3 is 5.69 Å². The third-order valence-electron chi connectivity index (χ3n) is 7.34. The molecule has 1 fully saturated rings. The third kappa shape index (κ3) is 5.45. The molecule has 0 bridgehead atoms. The van der Waals surface area contributed by atoms with Crippen molar-refractivity contribution < 1.29 is 10.2 Å². The summed E-state index contributed by atoms with van der Waals surface area (Å²) in [5, 5.41) is 18.9. The van der Waals surface area contributed by atoms with Gasteiger partial charge in [-0.2, -0.15) is 4.98 Å². The highest BCUT2D eigenvalue weighted by Crippen LogP contribution is 2.24. The molecule has 2 aromatic carbocycles. The first-order valence-corrected chi connectivity index (χ1v) is 13.4. The fraction of sp³-hybridized carbons (Fsp3) is 0.367. The van der Waals surface area contributed by atoms with Crippen LogP contribution >= 0.6 is 0 Å². The van der Waals surface area contributed by atoms with E-state index in [1.807, 2.05) is 28.8 Å². The van der Waals surface area contributed by atoms with Crippen molar-refractivity contribution in [3.05, 3.63) is 91.6 Å². The Labute approximate surface area is 231 Å². The maximum Gasteiger partial charge on any atom is 0.333 e. The Morgan fingerprint density at radius 2 is 1.48 bits per heavy atom. The predicted molar refractivity (Wildman–Crippen MR) is 154 cm³/mol. The van der Waals surface area contributed by atoms with Crippen LogP contribution in [0.3, 0.4) is 0 Å². The number of rotatable bonds is 8. The number of aliphatic hydroxyl groups excluding tert-OH is 2. The predicted octanol–water partition coefficient (Wildman–Crippen LogP) is 1.39. The zero-order valence-corrected chi connectivity index (χ0v) is 22.6. The highest BCUT2D eigenvalue weighted by atomic mass is 16.3. The minimum Gasteiger partial charge on any atom is -0.392 e. The topological polar surface area (TPSA) is 132 Å². The van der Waals surface area contributed by atoms with Crippen LogP contribution in [-0.4, -0.2) is 48.0 Å². The average molecular weight is 543 g/mol. The highest BCUT2D eigenvalue weighted by Gasteiger charge is 2.27. The number of nitrogens with zero attached hydrogens (tertiary/aromatic N) is 5. The molecule has 2 aromatic heterocycles. The molecule has 4 aromatic rings. The lowest BCUT2D eigenvalue weighted by molar-refractivity contribution is 0.281. The number of hydrogen-bond acceptors (Lipinski definition) is 7. The van der Waals surface area contributed by atoms with E-state index in [-0.39, 0.29) is 38.9 Å². The van der Waals surface area contributed by atoms with Crippen LogP contribution in [0.2, 0.25) is 0 Å². The average Bonchev–Trinajstić information content (AvgIpc) is 3.36. The summed E-state index contributed by atoms with van der Waals surface area (Å²) in [6.07, 6.45) is 1.82. The smallest absolute Gasteiger partial charge is 0.333 e. The Bertz CT molecular complexity index is 1670. The van der Waals surface area contributed by atoms with E-state index in [1.54, 1.807) is 31.2 Å². The minimum absolute atomic E-state index is 0.00921. The monoisotopic (exact) mass is 542 g/mol. The molecule has 10 heteroatoms. The van der Waals surface area contributed by atoms with Crippen LogP contribution in [0.1, 0.15) is 42.0 Å². The quantitative estimate of drug-likeness (QED) is 0.287. The molecular weight excluding hydrogens is 508 g/mol. The van der Waals surface area contributed by atoms with Gasteiger partial charge < -0.3 is 20.8 Å². The van der Waals surface area contributed by atoms with E-state index >= 15 is 0 Å². The van der Waals surface area contributed by atoms with Gasteiger partial charge in [0.1, 0.15) is 0 Å². The molecule has 1 aliphatic rings. The molecule has 0 saturated carbocycles. The molecule has 0 aliphatic carbocycles. The second kappa shape index (κ2) is 11.9. The van der Waals surface area contributed by atoms with Gasteiger partial charge in [-0.1, -0.05) is 54.5 Å². The van der Waals surface area contributed by atoms with Gasteiger partial charge in [0.05, 0.1) is 32.8 Å². The van der Waals surface area contributed by atoms with Crippen molar-refractivity contribution in [2.75, 3.05) is 18.0 Å². The van der Waals surface area contributed by atoms with Gasteiger partial charge in [0.2, 0.25) is 5.95 Å². The van der Waals surface area contributed by atoms with Crippen LogP contribution in [-0.2, 0) is 32.8 Å². The number of imidazole rings is 1. The van der Waals surface area contributed by atoms with Gasteiger partial charge in [-0.15, -0.1) is 5.92 Å². The minimum atomic E-state index is -0.469. The third-order valence-corrected chi connectivity index (χ3v) is 7.34. The van der Waals surface area contributed by atoms with Gasteiger partial charge in [-0.25, -0.2) is 4.79 Å². The first-order valence-electron chi connectivity index (χ1n) is 13.4. The SMILES string of the molecule is CC#CCn1c(N2CCC[C@@H](N)C2)nc2c1c(=O)n(Cc1ccc(CO)cc1)c(=O)n2Cc1ccc(CO)cc1. The number of aliphatic hydroxyl groups is 2. The maximum absolute atomic E-state index is 14.0. The number of fused-ring (bicyclic) bond motifs is 1. The van der Waals surface area contributed by atoms with Crippen molar-refractivity contribution in [2.24, 2.45) is 5.73 Å². The van der Waals surface area contributed by atoms with E-state index < -0.39 is 11.2 Å². The van der Waals surface area contributed by atoms with Crippen LogP contribution in [0.5, 0.6) is 0 Å². The summed E-state index contributed by atoms with van der Waals surface area (Å²) < 4.78 is 4.58. The second-order valence-electron chi connectivity index (χ2n) is 10.2. The summed E-state index contributed by atoms with van der Waals surface area (Å²) in [4.78, 5) is 35.0. The standard InChI is InChI=1S/C30H34N6O4/c1-2-3-15-34-26-27(32-29(34)33-14-4-5-25(31)18-33)35(16-21-6-10-23(19-37)11-7-21)30(40)36(28(26)39)17-22-8-12-24(20-38)13-9-22/h6-13,25,37-38H,4-5,14-20,31H2,1H3/t25-/m1/s1. The summed E-state index contributed by atoms with van der Waals surface area (Å²) >= 11 is 0. The molecule has 5 rings (SSSR count). The Hall–Kier alpha value is -4.17. The van der Waals surface area contributed by atoms with E-state index in [2.05, 4.69) is 16.7 Å². The van der Waals surface area contributed by atoms with Crippen molar-refractivity contribution in [1.82, 2.24) is 18.7 Å². The Kier molecular flexibility index (Phi) is 8.16. The van der Waals surface area contributed by atoms with Crippen molar-refractivity contribution in [3.8, 4) is 11.8 Å². The summed E-state index contributed by atoms with van der Waals surface area (Å²) in [6, 6.07) is 14.5. The van der Waals surface area contributed by atoms with E-state index in [0.29, 0.717) is 23.7 Å². The van der Waals surface area contributed by atoms with Crippen molar-refractivity contribution >= 4 is 17.1 Å². The van der Waals surface area contributed by atoms with Crippen LogP contribution in [0.4, 0.5) is 5.95 Å². The Morgan fingerprint density at radius 3 is 2.02 bits per heavy atom.